The maximum atomic E-state index is 13.6. The Balaban J connectivity index is 1.97. The summed E-state index contributed by atoms with van der Waals surface area (Å²) in [4.78, 5) is 11.0. The van der Waals surface area contributed by atoms with Crippen molar-refractivity contribution in [3.63, 3.8) is 0 Å². The Morgan fingerprint density at radius 1 is 1.22 bits per heavy atom. The van der Waals surface area contributed by atoms with Gasteiger partial charge in [-0.1, -0.05) is 31.5 Å². The van der Waals surface area contributed by atoms with Crippen LogP contribution in [0.5, 0.6) is 0 Å². The van der Waals surface area contributed by atoms with E-state index < -0.39 is 0 Å². The normalized spacial score (nSPS) is 10.6. The van der Waals surface area contributed by atoms with Gasteiger partial charge in [-0.05, 0) is 31.4 Å². The van der Waals surface area contributed by atoms with E-state index in [4.69, 9.17) is 0 Å². The van der Waals surface area contributed by atoms with Crippen LogP contribution in [0.4, 0.5) is 16.0 Å². The topological polar surface area (TPSA) is 41.0 Å². The van der Waals surface area contributed by atoms with Crippen LogP contribution < -0.4 is 10.2 Å². The molecule has 5 heteroatoms. The van der Waals surface area contributed by atoms with Crippen LogP contribution in [0.1, 0.15) is 31.2 Å². The van der Waals surface area contributed by atoms with Gasteiger partial charge in [0.15, 0.2) is 0 Å². The quantitative estimate of drug-likeness (QED) is 0.804. The van der Waals surface area contributed by atoms with Gasteiger partial charge < -0.3 is 10.2 Å². The number of hydrogen-bond acceptors (Lipinski definition) is 4. The largest absolute Gasteiger partial charge is 0.370 e. The molecule has 1 aromatic carbocycles. The Morgan fingerprint density at radius 3 is 2.74 bits per heavy atom. The number of nitrogens with zero attached hydrogens (tertiary/aromatic N) is 3. The van der Waals surface area contributed by atoms with Crippen molar-refractivity contribution in [3.8, 4) is 0 Å². The summed E-state index contributed by atoms with van der Waals surface area (Å²) in [5.74, 6) is 2.28. The highest BCUT2D eigenvalue weighted by Gasteiger charge is 2.07. The van der Waals surface area contributed by atoms with Gasteiger partial charge >= 0.3 is 0 Å². The number of benzene rings is 1. The van der Waals surface area contributed by atoms with E-state index in [2.05, 4.69) is 27.1 Å². The highest BCUT2D eigenvalue weighted by Crippen LogP contribution is 2.15. The fourth-order valence-electron chi connectivity index (χ4n) is 2.37. The Labute approximate surface area is 137 Å². The monoisotopic (exact) mass is 316 g/mol. The Bertz CT molecular complexity index is 630. The van der Waals surface area contributed by atoms with Crippen LogP contribution in [-0.4, -0.2) is 30.1 Å². The Kier molecular flexibility index (Phi) is 6.32. The lowest BCUT2D eigenvalue weighted by atomic mass is 10.1. The number of unbranched alkanes of at least 4 members (excludes halogenated alkanes) is 1. The summed E-state index contributed by atoms with van der Waals surface area (Å²) in [5.41, 5.74) is 0.714. The van der Waals surface area contributed by atoms with E-state index in [1.54, 1.807) is 6.07 Å². The third kappa shape index (κ3) is 5.20. The molecule has 23 heavy (non-hydrogen) atoms. The second-order valence-corrected chi connectivity index (χ2v) is 5.70. The van der Waals surface area contributed by atoms with Gasteiger partial charge in [-0.2, -0.15) is 0 Å². The SMILES string of the molecule is CCCCN(C)c1cc(NCCc2ccccc2F)nc(C)n1. The fraction of sp³-hybridized carbons (Fsp3) is 0.444. The number of aryl methyl sites for hydroxylation is 1. The zero-order valence-corrected chi connectivity index (χ0v) is 14.1. The first-order valence-corrected chi connectivity index (χ1v) is 8.14. The molecular formula is C18H25FN4. The second-order valence-electron chi connectivity index (χ2n) is 5.70. The van der Waals surface area contributed by atoms with Crippen molar-refractivity contribution in [2.45, 2.75) is 33.1 Å². The second kappa shape index (κ2) is 8.46. The Morgan fingerprint density at radius 2 is 2.00 bits per heavy atom. The highest BCUT2D eigenvalue weighted by molar-refractivity contribution is 5.49. The molecule has 0 aliphatic carbocycles. The lowest BCUT2D eigenvalue weighted by Crippen LogP contribution is -2.20. The highest BCUT2D eigenvalue weighted by atomic mass is 19.1. The van der Waals surface area contributed by atoms with Gasteiger partial charge in [0.05, 0.1) is 0 Å². The van der Waals surface area contributed by atoms with Crippen molar-refractivity contribution in [2.24, 2.45) is 0 Å². The predicted molar refractivity (Wildman–Crippen MR) is 93.5 cm³/mol. The van der Waals surface area contributed by atoms with Crippen LogP contribution in [0.25, 0.3) is 0 Å². The zero-order chi connectivity index (χ0) is 16.7. The molecule has 2 rings (SSSR count). The molecule has 0 fully saturated rings. The molecule has 4 nitrogen and oxygen atoms in total. The van der Waals surface area contributed by atoms with Gasteiger partial charge in [-0.15, -0.1) is 0 Å². The van der Waals surface area contributed by atoms with E-state index in [-0.39, 0.29) is 5.82 Å². The van der Waals surface area contributed by atoms with Crippen molar-refractivity contribution in [2.75, 3.05) is 30.4 Å². The molecule has 0 radical (unpaired) electrons. The maximum absolute atomic E-state index is 13.6. The summed E-state index contributed by atoms with van der Waals surface area (Å²) in [6.45, 7) is 5.67. The molecular weight excluding hydrogens is 291 g/mol. The summed E-state index contributed by atoms with van der Waals surface area (Å²) in [6.07, 6.45) is 2.91. The molecule has 0 atom stereocenters. The Hall–Kier alpha value is -2.17. The van der Waals surface area contributed by atoms with E-state index in [1.165, 1.54) is 6.07 Å². The lowest BCUT2D eigenvalue weighted by Gasteiger charge is -2.19. The molecule has 0 aliphatic heterocycles. The van der Waals surface area contributed by atoms with Crippen LogP contribution in [0.2, 0.25) is 0 Å². The molecule has 0 saturated carbocycles. The smallest absolute Gasteiger partial charge is 0.134 e. The summed E-state index contributed by atoms with van der Waals surface area (Å²) in [5, 5.41) is 3.27. The number of hydrogen-bond donors (Lipinski definition) is 1. The van der Waals surface area contributed by atoms with Crippen LogP contribution >= 0.6 is 0 Å². The zero-order valence-electron chi connectivity index (χ0n) is 14.1. The van der Waals surface area contributed by atoms with Gasteiger partial charge in [-0.3, -0.25) is 0 Å². The minimum atomic E-state index is -0.159. The van der Waals surface area contributed by atoms with Crippen molar-refractivity contribution >= 4 is 11.6 Å². The van der Waals surface area contributed by atoms with Crippen molar-refractivity contribution in [3.05, 3.63) is 47.5 Å². The van der Waals surface area contributed by atoms with Gasteiger partial charge in [0, 0.05) is 26.2 Å². The molecule has 0 unspecified atom stereocenters. The van der Waals surface area contributed by atoms with Gasteiger partial charge in [0.1, 0.15) is 23.3 Å². The third-order valence-electron chi connectivity index (χ3n) is 3.72. The minimum Gasteiger partial charge on any atom is -0.370 e. The van der Waals surface area contributed by atoms with E-state index in [0.29, 0.717) is 18.5 Å². The number of rotatable bonds is 8. The standard InChI is InChI=1S/C18H25FN4/c1-4-5-12-23(3)18-13-17(21-14(2)22-18)20-11-10-15-8-6-7-9-16(15)19/h6-9,13H,4-5,10-12H2,1-3H3,(H,20,21,22). The molecule has 0 saturated heterocycles. The molecule has 0 amide bonds. The van der Waals surface area contributed by atoms with Gasteiger partial charge in [0.25, 0.3) is 0 Å². The molecule has 1 N–H and O–H groups in total. The first-order chi connectivity index (χ1) is 11.1. The number of aromatic nitrogens is 2. The summed E-state index contributed by atoms with van der Waals surface area (Å²) in [7, 11) is 2.04. The van der Waals surface area contributed by atoms with E-state index in [9.17, 15) is 4.39 Å². The molecule has 0 aliphatic rings. The first kappa shape index (κ1) is 17.2. The molecule has 2 aromatic rings. The predicted octanol–water partition coefficient (Wildman–Crippen LogP) is 3.82. The van der Waals surface area contributed by atoms with E-state index in [0.717, 1.165) is 36.8 Å². The molecule has 124 valence electrons. The summed E-state index contributed by atoms with van der Waals surface area (Å²) < 4.78 is 13.6. The lowest BCUT2D eigenvalue weighted by molar-refractivity contribution is 0.610. The molecule has 0 bridgehead atoms. The van der Waals surface area contributed by atoms with Crippen LogP contribution in [-0.2, 0) is 6.42 Å². The minimum absolute atomic E-state index is 0.159. The van der Waals surface area contributed by atoms with Crippen molar-refractivity contribution in [1.29, 1.82) is 0 Å². The average Bonchev–Trinajstić information content (AvgIpc) is 2.54. The molecule has 0 spiro atoms. The average molecular weight is 316 g/mol. The van der Waals surface area contributed by atoms with Crippen LogP contribution in [0.3, 0.4) is 0 Å². The maximum Gasteiger partial charge on any atom is 0.134 e. The first-order valence-electron chi connectivity index (χ1n) is 8.14. The van der Waals surface area contributed by atoms with E-state index >= 15 is 0 Å². The van der Waals surface area contributed by atoms with Gasteiger partial charge in [-0.25, -0.2) is 14.4 Å². The van der Waals surface area contributed by atoms with Crippen LogP contribution in [0, 0.1) is 12.7 Å². The molecule has 1 heterocycles. The fourth-order valence-corrected chi connectivity index (χ4v) is 2.37. The van der Waals surface area contributed by atoms with Gasteiger partial charge in [0.2, 0.25) is 0 Å². The number of halogens is 1. The molecule has 1 aromatic heterocycles. The summed E-state index contributed by atoms with van der Waals surface area (Å²) >= 11 is 0. The number of nitrogens with one attached hydrogen (secondary N) is 1. The summed E-state index contributed by atoms with van der Waals surface area (Å²) in [6, 6.07) is 8.81. The van der Waals surface area contributed by atoms with Crippen molar-refractivity contribution in [1.82, 2.24) is 9.97 Å². The van der Waals surface area contributed by atoms with E-state index in [1.807, 2.05) is 32.2 Å². The number of anilines is 2. The third-order valence-corrected chi connectivity index (χ3v) is 3.72. The van der Waals surface area contributed by atoms with Crippen LogP contribution in [0.15, 0.2) is 30.3 Å². The van der Waals surface area contributed by atoms with Crippen molar-refractivity contribution < 1.29 is 4.39 Å².